The van der Waals surface area contributed by atoms with Gasteiger partial charge >= 0.3 is 12.1 Å². The monoisotopic (exact) mass is 474 g/mol. The van der Waals surface area contributed by atoms with Gasteiger partial charge in [-0.2, -0.15) is 0 Å². The molecule has 7 heteroatoms. The summed E-state index contributed by atoms with van der Waals surface area (Å²) in [5, 5.41) is 12.1. The molecule has 0 saturated heterocycles. The summed E-state index contributed by atoms with van der Waals surface area (Å²) in [6.45, 7) is 3.78. The molecule has 2 aromatic carbocycles. The van der Waals surface area contributed by atoms with Crippen molar-refractivity contribution in [2.45, 2.75) is 31.6 Å². The van der Waals surface area contributed by atoms with E-state index in [1.807, 2.05) is 24.3 Å². The molecule has 0 aromatic heterocycles. The molecule has 3 aliphatic rings. The Bertz CT molecular complexity index is 1140. The normalized spacial score (nSPS) is 20.8. The van der Waals surface area contributed by atoms with Crippen LogP contribution >= 0.6 is 0 Å². The van der Waals surface area contributed by atoms with Gasteiger partial charge in [0.1, 0.15) is 13.2 Å². The molecule has 35 heavy (non-hydrogen) atoms. The lowest BCUT2D eigenvalue weighted by molar-refractivity contribution is -0.147. The summed E-state index contributed by atoms with van der Waals surface area (Å²) in [6.07, 6.45) is 4.51. The van der Waals surface area contributed by atoms with Crippen molar-refractivity contribution >= 4 is 18.0 Å². The van der Waals surface area contributed by atoms with Crippen molar-refractivity contribution in [3.05, 3.63) is 72.3 Å². The summed E-state index contributed by atoms with van der Waals surface area (Å²) in [7, 11) is 0. The summed E-state index contributed by atoms with van der Waals surface area (Å²) in [4.78, 5) is 38.8. The van der Waals surface area contributed by atoms with E-state index in [9.17, 15) is 19.5 Å². The zero-order chi connectivity index (χ0) is 24.6. The van der Waals surface area contributed by atoms with Gasteiger partial charge in [0.2, 0.25) is 5.91 Å². The van der Waals surface area contributed by atoms with E-state index in [1.165, 1.54) is 11.0 Å². The van der Waals surface area contributed by atoms with Crippen LogP contribution < -0.4 is 5.32 Å². The van der Waals surface area contributed by atoms with Crippen LogP contribution in [0.3, 0.4) is 0 Å². The Balaban J connectivity index is 1.25. The minimum Gasteiger partial charge on any atom is -0.480 e. The Morgan fingerprint density at radius 3 is 2.23 bits per heavy atom. The number of carboxylic acid groups (broad SMARTS) is 1. The maximum atomic E-state index is 13.4. The number of hydrogen-bond donors (Lipinski definition) is 2. The Kier molecular flexibility index (Phi) is 5.87. The van der Waals surface area contributed by atoms with E-state index in [1.54, 1.807) is 0 Å². The van der Waals surface area contributed by atoms with Crippen LogP contribution in [0.5, 0.6) is 0 Å². The smallest absolute Gasteiger partial charge is 0.407 e. The number of carbonyl (C=O) groups excluding carboxylic acids is 2. The number of fused-ring (bicyclic) bond motifs is 3. The first-order chi connectivity index (χ1) is 16.9. The molecule has 1 spiro atoms. The van der Waals surface area contributed by atoms with Gasteiger partial charge in [0.25, 0.3) is 0 Å². The number of rotatable bonds is 9. The van der Waals surface area contributed by atoms with E-state index < -0.39 is 17.5 Å². The number of aliphatic carboxylic acids is 1. The molecule has 0 radical (unpaired) electrons. The highest BCUT2D eigenvalue weighted by Gasteiger charge is 2.74. The Labute approximate surface area is 204 Å². The minimum atomic E-state index is -1.07. The zero-order valence-electron chi connectivity index (χ0n) is 19.7. The van der Waals surface area contributed by atoms with Crippen LogP contribution in [-0.2, 0) is 14.3 Å². The third-order valence-corrected chi connectivity index (χ3v) is 8.09. The maximum absolute atomic E-state index is 13.4. The SMILES string of the molecule is C=CCN(CC(=O)O)C(=O)C1(CNC(=O)OCC2c3ccccc3-c3ccccc32)CC12CCC2. The molecule has 1 unspecified atom stereocenters. The second-order valence-corrected chi connectivity index (χ2v) is 9.94. The highest BCUT2D eigenvalue weighted by atomic mass is 16.5. The molecule has 2 saturated carbocycles. The molecule has 7 nitrogen and oxygen atoms in total. The number of nitrogens with zero attached hydrogens (tertiary/aromatic N) is 1. The zero-order valence-corrected chi connectivity index (χ0v) is 19.7. The van der Waals surface area contributed by atoms with Crippen LogP contribution in [0.25, 0.3) is 11.1 Å². The molecule has 3 aliphatic carbocycles. The number of carbonyl (C=O) groups is 3. The first-order valence-electron chi connectivity index (χ1n) is 12.1. The summed E-state index contributed by atoms with van der Waals surface area (Å²) in [5.41, 5.74) is 3.68. The van der Waals surface area contributed by atoms with Gasteiger partial charge in [-0.1, -0.05) is 61.0 Å². The molecular weight excluding hydrogens is 444 g/mol. The second-order valence-electron chi connectivity index (χ2n) is 9.94. The number of carboxylic acids is 1. The first kappa shape index (κ1) is 23.1. The lowest BCUT2D eigenvalue weighted by Gasteiger charge is -2.35. The number of amides is 2. The summed E-state index contributed by atoms with van der Waals surface area (Å²) in [6, 6.07) is 16.3. The van der Waals surface area contributed by atoms with Crippen LogP contribution in [0.15, 0.2) is 61.2 Å². The largest absolute Gasteiger partial charge is 0.480 e. The molecule has 1 atom stereocenters. The summed E-state index contributed by atoms with van der Waals surface area (Å²) >= 11 is 0. The highest BCUT2D eigenvalue weighted by molar-refractivity contribution is 5.90. The molecule has 5 rings (SSSR count). The van der Waals surface area contributed by atoms with E-state index in [-0.39, 0.29) is 43.5 Å². The van der Waals surface area contributed by atoms with Crippen molar-refractivity contribution in [1.82, 2.24) is 10.2 Å². The van der Waals surface area contributed by atoms with Crippen LogP contribution in [0.2, 0.25) is 0 Å². The van der Waals surface area contributed by atoms with Gasteiger partial charge in [-0.15, -0.1) is 6.58 Å². The number of nitrogens with one attached hydrogen (secondary N) is 1. The fourth-order valence-corrected chi connectivity index (χ4v) is 6.13. The van der Waals surface area contributed by atoms with Gasteiger partial charge in [0.15, 0.2) is 0 Å². The molecule has 2 N–H and O–H groups in total. The number of alkyl carbamates (subject to hydrolysis) is 1. The quantitative estimate of drug-likeness (QED) is 0.532. The van der Waals surface area contributed by atoms with E-state index in [4.69, 9.17) is 4.74 Å². The van der Waals surface area contributed by atoms with E-state index in [2.05, 4.69) is 36.2 Å². The van der Waals surface area contributed by atoms with Gasteiger partial charge in [-0.3, -0.25) is 9.59 Å². The third kappa shape index (κ3) is 3.89. The summed E-state index contributed by atoms with van der Waals surface area (Å²) < 4.78 is 5.65. The second kappa shape index (κ2) is 8.87. The fourth-order valence-electron chi connectivity index (χ4n) is 6.13. The average molecular weight is 475 g/mol. The molecule has 182 valence electrons. The van der Waals surface area contributed by atoms with Crippen molar-refractivity contribution in [3.8, 4) is 11.1 Å². The predicted octanol–water partition coefficient (Wildman–Crippen LogP) is 4.18. The van der Waals surface area contributed by atoms with Gasteiger partial charge in [0, 0.05) is 19.0 Å². The lowest BCUT2D eigenvalue weighted by atomic mass is 9.74. The van der Waals surface area contributed by atoms with E-state index >= 15 is 0 Å². The molecule has 0 heterocycles. The van der Waals surface area contributed by atoms with Crippen molar-refractivity contribution in [2.75, 3.05) is 26.2 Å². The maximum Gasteiger partial charge on any atom is 0.407 e. The summed E-state index contributed by atoms with van der Waals surface area (Å²) in [5.74, 6) is -1.33. The average Bonchev–Trinajstić information content (AvgIpc) is 3.44. The molecule has 2 amide bonds. The lowest BCUT2D eigenvalue weighted by Crippen LogP contribution is -2.48. The Morgan fingerprint density at radius 2 is 1.71 bits per heavy atom. The fraction of sp³-hybridized carbons (Fsp3) is 0.393. The molecule has 2 fully saturated rings. The van der Waals surface area contributed by atoms with Gasteiger partial charge in [0.05, 0.1) is 5.41 Å². The van der Waals surface area contributed by atoms with E-state index in [0.29, 0.717) is 6.42 Å². The molecular formula is C28H30N2O5. The number of benzene rings is 2. The molecule has 2 aromatic rings. The van der Waals surface area contributed by atoms with Crippen molar-refractivity contribution < 1.29 is 24.2 Å². The number of ether oxygens (including phenoxy) is 1. The minimum absolute atomic E-state index is 0.0405. The van der Waals surface area contributed by atoms with Gasteiger partial charge in [-0.25, -0.2) is 4.79 Å². The van der Waals surface area contributed by atoms with Gasteiger partial charge < -0.3 is 20.1 Å². The van der Waals surface area contributed by atoms with Crippen molar-refractivity contribution in [3.63, 3.8) is 0 Å². The standard InChI is InChI=1S/C28H30N2O5/c1-2-14-30(15-24(31)32)25(33)28(17-27(28)12-7-13-27)18-29-26(34)35-16-23-21-10-5-3-8-19(21)20-9-4-6-11-22(20)23/h2-6,8-11,23H,1,7,12-18H2,(H,29,34)(H,31,32). The van der Waals surface area contributed by atoms with Gasteiger partial charge in [-0.05, 0) is 46.9 Å². The highest BCUT2D eigenvalue weighted by Crippen LogP contribution is 2.74. The van der Waals surface area contributed by atoms with Crippen LogP contribution in [0, 0.1) is 10.8 Å². The van der Waals surface area contributed by atoms with E-state index in [0.717, 1.165) is 41.5 Å². The Morgan fingerprint density at radius 1 is 1.09 bits per heavy atom. The Hall–Kier alpha value is -3.61. The third-order valence-electron chi connectivity index (χ3n) is 8.09. The molecule has 0 aliphatic heterocycles. The molecule has 0 bridgehead atoms. The predicted molar refractivity (Wildman–Crippen MR) is 131 cm³/mol. The van der Waals surface area contributed by atoms with Crippen LogP contribution in [0.1, 0.15) is 42.7 Å². The topological polar surface area (TPSA) is 95.9 Å². The number of hydrogen-bond acceptors (Lipinski definition) is 4. The first-order valence-corrected chi connectivity index (χ1v) is 12.1. The van der Waals surface area contributed by atoms with Crippen LogP contribution in [-0.4, -0.2) is 54.2 Å². The van der Waals surface area contributed by atoms with Crippen LogP contribution in [0.4, 0.5) is 4.79 Å². The van der Waals surface area contributed by atoms with Crippen molar-refractivity contribution in [1.29, 1.82) is 0 Å². The van der Waals surface area contributed by atoms with Crippen molar-refractivity contribution in [2.24, 2.45) is 10.8 Å².